The molecule has 0 aliphatic carbocycles. The molecular formula is C12H15ClO2. The van der Waals surface area contributed by atoms with E-state index in [1.54, 1.807) is 13.0 Å². The number of Topliss-reactive ketones (excluding diaryl/α,β-unsaturated/α-hetero) is 1. The first kappa shape index (κ1) is 12.1. The van der Waals surface area contributed by atoms with Gasteiger partial charge < -0.3 is 4.74 Å². The lowest BCUT2D eigenvalue weighted by Crippen LogP contribution is -2.02. The Hall–Kier alpha value is -1.02. The Bertz CT molecular complexity index is 323. The molecule has 0 bridgehead atoms. The lowest BCUT2D eigenvalue weighted by Gasteiger charge is -2.08. The molecule has 82 valence electrons. The zero-order valence-corrected chi connectivity index (χ0v) is 9.59. The fourth-order valence-electron chi connectivity index (χ4n) is 1.26. The van der Waals surface area contributed by atoms with Gasteiger partial charge in [0.1, 0.15) is 5.75 Å². The van der Waals surface area contributed by atoms with Crippen LogP contribution in [0.25, 0.3) is 0 Å². The maximum absolute atomic E-state index is 11.3. The maximum Gasteiger partial charge on any atom is 0.163 e. The van der Waals surface area contributed by atoms with Crippen LogP contribution in [-0.4, -0.2) is 18.3 Å². The molecule has 0 amide bonds. The molecule has 0 saturated heterocycles. The van der Waals surface area contributed by atoms with Gasteiger partial charge in [0.25, 0.3) is 0 Å². The van der Waals surface area contributed by atoms with Crippen molar-refractivity contribution >= 4 is 17.4 Å². The topological polar surface area (TPSA) is 26.3 Å². The molecule has 0 spiro atoms. The molecule has 0 fully saturated rings. The van der Waals surface area contributed by atoms with E-state index in [1.165, 1.54) is 0 Å². The van der Waals surface area contributed by atoms with Crippen LogP contribution in [0.2, 0.25) is 0 Å². The van der Waals surface area contributed by atoms with Crippen molar-refractivity contribution in [3.63, 3.8) is 0 Å². The first-order chi connectivity index (χ1) is 7.25. The largest absolute Gasteiger partial charge is 0.493 e. The van der Waals surface area contributed by atoms with E-state index in [4.69, 9.17) is 16.3 Å². The molecular weight excluding hydrogens is 212 g/mol. The predicted molar refractivity (Wildman–Crippen MR) is 61.9 cm³/mol. The monoisotopic (exact) mass is 226 g/mol. The Morgan fingerprint density at radius 2 is 2.07 bits per heavy atom. The van der Waals surface area contributed by atoms with E-state index >= 15 is 0 Å². The van der Waals surface area contributed by atoms with Crippen LogP contribution >= 0.6 is 11.6 Å². The number of para-hydroxylation sites is 1. The van der Waals surface area contributed by atoms with E-state index in [0.717, 1.165) is 12.8 Å². The molecule has 0 atom stereocenters. The smallest absolute Gasteiger partial charge is 0.163 e. The number of hydrogen-bond acceptors (Lipinski definition) is 2. The van der Waals surface area contributed by atoms with Crippen LogP contribution in [0.1, 0.15) is 30.1 Å². The predicted octanol–water partition coefficient (Wildman–Crippen LogP) is 3.29. The normalized spacial score (nSPS) is 10.0. The fourth-order valence-corrected chi connectivity index (χ4v) is 1.45. The van der Waals surface area contributed by atoms with E-state index in [1.807, 2.05) is 18.2 Å². The van der Waals surface area contributed by atoms with Crippen molar-refractivity contribution in [3.05, 3.63) is 29.8 Å². The second-order valence-corrected chi connectivity index (χ2v) is 3.67. The van der Waals surface area contributed by atoms with Crippen LogP contribution in [0.15, 0.2) is 24.3 Å². The van der Waals surface area contributed by atoms with E-state index in [0.29, 0.717) is 23.8 Å². The SMILES string of the molecule is CC(=O)c1ccccc1OCCCCCl. The van der Waals surface area contributed by atoms with Gasteiger partial charge in [-0.15, -0.1) is 11.6 Å². The van der Waals surface area contributed by atoms with Crippen LogP contribution in [0.3, 0.4) is 0 Å². The second kappa shape index (κ2) is 6.46. The molecule has 0 aromatic heterocycles. The standard InChI is InChI=1S/C12H15ClO2/c1-10(14)11-6-2-3-7-12(11)15-9-5-4-8-13/h2-3,6-7H,4-5,8-9H2,1H3. The minimum absolute atomic E-state index is 0.0305. The molecule has 0 unspecified atom stereocenters. The number of alkyl halides is 1. The number of benzene rings is 1. The van der Waals surface area contributed by atoms with Crippen molar-refractivity contribution in [1.29, 1.82) is 0 Å². The van der Waals surface area contributed by atoms with Crippen molar-refractivity contribution < 1.29 is 9.53 Å². The molecule has 0 aliphatic rings. The van der Waals surface area contributed by atoms with Crippen molar-refractivity contribution in [2.75, 3.05) is 12.5 Å². The average molecular weight is 227 g/mol. The van der Waals surface area contributed by atoms with Crippen LogP contribution in [-0.2, 0) is 0 Å². The molecule has 1 aromatic carbocycles. The molecule has 0 aliphatic heterocycles. The Kier molecular flexibility index (Phi) is 5.19. The summed E-state index contributed by atoms with van der Waals surface area (Å²) in [6, 6.07) is 7.29. The molecule has 0 heterocycles. The number of halogens is 1. The third-order valence-corrected chi connectivity index (χ3v) is 2.32. The van der Waals surface area contributed by atoms with E-state index in [2.05, 4.69) is 0 Å². The lowest BCUT2D eigenvalue weighted by molar-refractivity contribution is 0.101. The highest BCUT2D eigenvalue weighted by Crippen LogP contribution is 2.18. The van der Waals surface area contributed by atoms with Crippen molar-refractivity contribution in [1.82, 2.24) is 0 Å². The van der Waals surface area contributed by atoms with Crippen molar-refractivity contribution in [2.45, 2.75) is 19.8 Å². The molecule has 1 rings (SSSR count). The quantitative estimate of drug-likeness (QED) is 0.423. The van der Waals surface area contributed by atoms with Crippen molar-refractivity contribution in [3.8, 4) is 5.75 Å². The number of ether oxygens (including phenoxy) is 1. The van der Waals surface area contributed by atoms with Gasteiger partial charge in [-0.25, -0.2) is 0 Å². The summed E-state index contributed by atoms with van der Waals surface area (Å²) >= 11 is 5.56. The van der Waals surface area contributed by atoms with Gasteiger partial charge >= 0.3 is 0 Å². The van der Waals surface area contributed by atoms with Crippen LogP contribution in [0.4, 0.5) is 0 Å². The van der Waals surface area contributed by atoms with Gasteiger partial charge in [-0.05, 0) is 31.9 Å². The molecule has 3 heteroatoms. The summed E-state index contributed by atoms with van der Waals surface area (Å²) in [6.45, 7) is 2.15. The van der Waals surface area contributed by atoms with Crippen LogP contribution in [0.5, 0.6) is 5.75 Å². The number of carbonyl (C=O) groups is 1. The maximum atomic E-state index is 11.3. The van der Waals surface area contributed by atoms with Crippen LogP contribution < -0.4 is 4.74 Å². The summed E-state index contributed by atoms with van der Waals surface area (Å²) in [5, 5.41) is 0. The van der Waals surface area contributed by atoms with E-state index < -0.39 is 0 Å². The van der Waals surface area contributed by atoms with Gasteiger partial charge in [0.15, 0.2) is 5.78 Å². The van der Waals surface area contributed by atoms with Gasteiger partial charge in [-0.2, -0.15) is 0 Å². The highest BCUT2D eigenvalue weighted by atomic mass is 35.5. The third-order valence-electron chi connectivity index (χ3n) is 2.05. The summed E-state index contributed by atoms with van der Waals surface area (Å²) in [7, 11) is 0. The summed E-state index contributed by atoms with van der Waals surface area (Å²) in [6.07, 6.45) is 1.85. The second-order valence-electron chi connectivity index (χ2n) is 3.30. The molecule has 0 N–H and O–H groups in total. The molecule has 1 aromatic rings. The highest BCUT2D eigenvalue weighted by Gasteiger charge is 2.06. The zero-order chi connectivity index (χ0) is 11.1. The fraction of sp³-hybridized carbons (Fsp3) is 0.417. The zero-order valence-electron chi connectivity index (χ0n) is 8.83. The number of ketones is 1. The Balaban J connectivity index is 2.56. The number of carbonyl (C=O) groups excluding carboxylic acids is 1. The highest BCUT2D eigenvalue weighted by molar-refractivity contribution is 6.17. The first-order valence-corrected chi connectivity index (χ1v) is 5.58. The summed E-state index contributed by atoms with van der Waals surface area (Å²) < 4.78 is 5.52. The summed E-state index contributed by atoms with van der Waals surface area (Å²) in [5.41, 5.74) is 0.642. The number of unbranched alkanes of at least 4 members (excludes halogenated alkanes) is 1. The van der Waals surface area contributed by atoms with E-state index in [9.17, 15) is 4.79 Å². The molecule has 2 nitrogen and oxygen atoms in total. The van der Waals surface area contributed by atoms with Gasteiger partial charge in [-0.1, -0.05) is 12.1 Å². The minimum atomic E-state index is 0.0305. The van der Waals surface area contributed by atoms with Gasteiger partial charge in [0.2, 0.25) is 0 Å². The molecule has 15 heavy (non-hydrogen) atoms. The van der Waals surface area contributed by atoms with Crippen molar-refractivity contribution in [2.24, 2.45) is 0 Å². The Labute approximate surface area is 95.2 Å². The minimum Gasteiger partial charge on any atom is -0.493 e. The first-order valence-electron chi connectivity index (χ1n) is 5.04. The summed E-state index contributed by atoms with van der Waals surface area (Å²) in [5.74, 6) is 1.35. The summed E-state index contributed by atoms with van der Waals surface area (Å²) in [4.78, 5) is 11.3. The lowest BCUT2D eigenvalue weighted by atomic mass is 10.1. The average Bonchev–Trinajstić information content (AvgIpc) is 2.25. The third kappa shape index (κ3) is 3.92. The van der Waals surface area contributed by atoms with Gasteiger partial charge in [-0.3, -0.25) is 4.79 Å². The molecule has 0 saturated carbocycles. The Morgan fingerprint density at radius 3 is 2.73 bits per heavy atom. The van der Waals surface area contributed by atoms with E-state index in [-0.39, 0.29) is 5.78 Å². The van der Waals surface area contributed by atoms with Gasteiger partial charge in [0.05, 0.1) is 12.2 Å². The van der Waals surface area contributed by atoms with Crippen LogP contribution in [0, 0.1) is 0 Å². The number of hydrogen-bond donors (Lipinski definition) is 0. The number of rotatable bonds is 6. The Morgan fingerprint density at radius 1 is 1.33 bits per heavy atom. The molecule has 0 radical (unpaired) electrons. The van der Waals surface area contributed by atoms with Gasteiger partial charge in [0, 0.05) is 5.88 Å².